The van der Waals surface area contributed by atoms with Gasteiger partial charge in [0.1, 0.15) is 0 Å². The fourth-order valence-electron chi connectivity index (χ4n) is 1.79. The van der Waals surface area contributed by atoms with Gasteiger partial charge in [0, 0.05) is 18.6 Å². The summed E-state index contributed by atoms with van der Waals surface area (Å²) in [6.07, 6.45) is -4.87. The predicted molar refractivity (Wildman–Crippen MR) is 58.5 cm³/mol. The lowest BCUT2D eigenvalue weighted by molar-refractivity contribution is -0.161. The molecule has 0 aromatic rings. The molecule has 1 atom stereocenters. The number of alkyl halides is 3. The number of hydrogen-bond acceptors (Lipinski definition) is 2. The maximum Gasteiger partial charge on any atom is 0.390 e. The van der Waals surface area contributed by atoms with E-state index in [1.54, 1.807) is 0 Å². The van der Waals surface area contributed by atoms with Crippen molar-refractivity contribution in [3.63, 3.8) is 0 Å². The molecule has 98 valence electrons. The van der Waals surface area contributed by atoms with Crippen LogP contribution in [0.1, 0.15) is 34.1 Å². The maximum atomic E-state index is 12.2. The first-order valence-electron chi connectivity index (χ1n) is 5.80. The smallest absolute Gasteiger partial charge is 0.378 e. The number of morpholine rings is 1. The molecule has 1 aliphatic heterocycles. The first-order chi connectivity index (χ1) is 7.40. The van der Waals surface area contributed by atoms with E-state index in [-0.39, 0.29) is 12.6 Å². The van der Waals surface area contributed by atoms with Gasteiger partial charge in [0.05, 0.1) is 19.6 Å². The number of nitrogens with zero attached hydrogens (tertiary/aromatic N) is 1. The summed E-state index contributed by atoms with van der Waals surface area (Å²) in [5.74, 6) is 0. The average molecular weight is 241 g/mol. The van der Waals surface area contributed by atoms with Gasteiger partial charge in [0.25, 0.3) is 0 Å². The molecule has 0 aromatic heterocycles. The van der Waals surface area contributed by atoms with Crippen molar-refractivity contribution in [1.29, 1.82) is 0 Å². The monoisotopic (exact) mass is 241 g/mol. The van der Waals surface area contributed by atoms with Crippen molar-refractivity contribution in [3.05, 3.63) is 0 Å². The summed E-state index contributed by atoms with van der Waals surface area (Å²) >= 11 is 0. The lowest BCUT2D eigenvalue weighted by atomic mass is 10.1. The molecule has 1 aliphatic rings. The lowest BCUT2D eigenvalue weighted by Gasteiger charge is -2.38. The fourth-order valence-corrected chi connectivity index (χ4v) is 1.79. The van der Waals surface area contributed by atoms with Gasteiger partial charge < -0.3 is 4.74 Å². The minimum atomic E-state index is -4.10. The van der Waals surface area contributed by atoms with E-state index in [1.807, 2.05) is 32.6 Å². The van der Waals surface area contributed by atoms with Gasteiger partial charge in [-0.25, -0.2) is 0 Å². The van der Waals surface area contributed by atoms with Crippen molar-refractivity contribution in [1.82, 2.24) is 4.90 Å². The van der Waals surface area contributed by atoms with Gasteiger partial charge in [0.15, 0.2) is 0 Å². The highest BCUT2D eigenvalue weighted by Gasteiger charge is 2.36. The Kier molecular flexibility index (Phi) is 6.99. The van der Waals surface area contributed by atoms with Gasteiger partial charge in [-0.2, -0.15) is 13.2 Å². The van der Waals surface area contributed by atoms with Crippen LogP contribution in [0.3, 0.4) is 0 Å². The number of halogens is 3. The Morgan fingerprint density at radius 2 is 1.88 bits per heavy atom. The van der Waals surface area contributed by atoms with Crippen LogP contribution in [-0.2, 0) is 4.74 Å². The van der Waals surface area contributed by atoms with Crippen molar-refractivity contribution in [2.45, 2.75) is 52.4 Å². The quantitative estimate of drug-likeness (QED) is 0.736. The molecule has 0 saturated carbocycles. The van der Waals surface area contributed by atoms with Crippen LogP contribution in [-0.4, -0.2) is 42.9 Å². The second kappa shape index (κ2) is 7.12. The molecule has 0 radical (unpaired) electrons. The molecule has 0 spiro atoms. The third kappa shape index (κ3) is 5.70. The van der Waals surface area contributed by atoms with Gasteiger partial charge in [-0.15, -0.1) is 0 Å². The van der Waals surface area contributed by atoms with Crippen molar-refractivity contribution in [3.8, 4) is 0 Å². The van der Waals surface area contributed by atoms with Crippen LogP contribution < -0.4 is 0 Å². The summed E-state index contributed by atoms with van der Waals surface area (Å²) in [6.45, 7) is 9.14. The van der Waals surface area contributed by atoms with Crippen LogP contribution in [0.15, 0.2) is 0 Å². The largest absolute Gasteiger partial charge is 0.390 e. The lowest BCUT2D eigenvalue weighted by Crippen LogP contribution is -2.50. The Balaban J connectivity index is 0.00000106. The molecule has 1 unspecified atom stereocenters. The SMILES string of the molecule is CC.CC(C)N1CCOCC1CC(F)(F)F. The van der Waals surface area contributed by atoms with Crippen molar-refractivity contribution in [2.75, 3.05) is 19.8 Å². The normalized spacial score (nSPS) is 22.9. The van der Waals surface area contributed by atoms with Crippen LogP contribution in [0.4, 0.5) is 13.2 Å². The van der Waals surface area contributed by atoms with E-state index in [0.717, 1.165) is 0 Å². The van der Waals surface area contributed by atoms with Gasteiger partial charge in [-0.1, -0.05) is 13.8 Å². The molecular weight excluding hydrogens is 219 g/mol. The average Bonchev–Trinajstić information content (AvgIpc) is 2.19. The summed E-state index contributed by atoms with van der Waals surface area (Å²) in [7, 11) is 0. The van der Waals surface area contributed by atoms with Crippen molar-refractivity contribution in [2.24, 2.45) is 0 Å². The van der Waals surface area contributed by atoms with E-state index < -0.39 is 18.6 Å². The maximum absolute atomic E-state index is 12.2. The Hall–Kier alpha value is -0.290. The second-order valence-corrected chi connectivity index (χ2v) is 3.88. The first kappa shape index (κ1) is 15.7. The van der Waals surface area contributed by atoms with E-state index in [9.17, 15) is 13.2 Å². The second-order valence-electron chi connectivity index (χ2n) is 3.88. The molecule has 0 aliphatic carbocycles. The highest BCUT2D eigenvalue weighted by atomic mass is 19.4. The molecule has 1 rings (SSSR count). The Labute approximate surface area is 95.8 Å². The predicted octanol–water partition coefficient (Wildman–Crippen LogP) is 3.07. The highest BCUT2D eigenvalue weighted by molar-refractivity contribution is 4.80. The van der Waals surface area contributed by atoms with Gasteiger partial charge in [-0.05, 0) is 13.8 Å². The number of ether oxygens (including phenoxy) is 1. The van der Waals surface area contributed by atoms with E-state index >= 15 is 0 Å². The van der Waals surface area contributed by atoms with E-state index in [4.69, 9.17) is 4.74 Å². The van der Waals surface area contributed by atoms with Crippen LogP contribution >= 0.6 is 0 Å². The van der Waals surface area contributed by atoms with Crippen LogP contribution in [0.2, 0.25) is 0 Å². The number of rotatable bonds is 2. The van der Waals surface area contributed by atoms with Crippen molar-refractivity contribution >= 4 is 0 Å². The molecule has 0 aromatic carbocycles. The van der Waals surface area contributed by atoms with Crippen LogP contribution in [0.5, 0.6) is 0 Å². The van der Waals surface area contributed by atoms with E-state index in [0.29, 0.717) is 13.2 Å². The highest BCUT2D eigenvalue weighted by Crippen LogP contribution is 2.26. The third-order valence-corrected chi connectivity index (χ3v) is 2.40. The molecule has 0 bridgehead atoms. The Morgan fingerprint density at radius 3 is 2.31 bits per heavy atom. The number of hydrogen-bond donors (Lipinski definition) is 0. The summed E-state index contributed by atoms with van der Waals surface area (Å²) in [6, 6.07) is -0.366. The summed E-state index contributed by atoms with van der Waals surface area (Å²) in [4.78, 5) is 1.86. The van der Waals surface area contributed by atoms with Gasteiger partial charge in [-0.3, -0.25) is 4.90 Å². The fraction of sp³-hybridized carbons (Fsp3) is 1.00. The van der Waals surface area contributed by atoms with Gasteiger partial charge >= 0.3 is 6.18 Å². The van der Waals surface area contributed by atoms with E-state index in [2.05, 4.69) is 0 Å². The zero-order valence-corrected chi connectivity index (χ0v) is 10.5. The molecule has 2 nitrogen and oxygen atoms in total. The summed E-state index contributed by atoms with van der Waals surface area (Å²) < 4.78 is 41.7. The molecule has 1 saturated heterocycles. The molecule has 1 heterocycles. The minimum Gasteiger partial charge on any atom is -0.378 e. The Bertz CT molecular complexity index is 183. The van der Waals surface area contributed by atoms with Crippen molar-refractivity contribution < 1.29 is 17.9 Å². The topological polar surface area (TPSA) is 12.5 Å². The molecule has 5 heteroatoms. The van der Waals surface area contributed by atoms with E-state index in [1.165, 1.54) is 0 Å². The molecule has 0 amide bonds. The summed E-state index contributed by atoms with van der Waals surface area (Å²) in [5.41, 5.74) is 0. The molecular formula is C11H22F3NO. The summed E-state index contributed by atoms with van der Waals surface area (Å²) in [5, 5.41) is 0. The zero-order chi connectivity index (χ0) is 12.8. The third-order valence-electron chi connectivity index (χ3n) is 2.40. The first-order valence-corrected chi connectivity index (χ1v) is 5.80. The molecule has 0 N–H and O–H groups in total. The standard InChI is InChI=1S/C9H16F3NO.C2H6/c1-7(2)13-3-4-14-6-8(13)5-9(10,11)12;1-2/h7-8H,3-6H2,1-2H3;1-2H3. The van der Waals surface area contributed by atoms with Crippen LogP contribution in [0, 0.1) is 0 Å². The zero-order valence-electron chi connectivity index (χ0n) is 10.5. The minimum absolute atomic E-state index is 0.145. The molecule has 16 heavy (non-hydrogen) atoms. The Morgan fingerprint density at radius 1 is 1.31 bits per heavy atom. The molecule has 1 fully saturated rings. The van der Waals surface area contributed by atoms with Crippen LogP contribution in [0.25, 0.3) is 0 Å². The van der Waals surface area contributed by atoms with Gasteiger partial charge in [0.2, 0.25) is 0 Å².